The zero-order chi connectivity index (χ0) is 15.6. The molecule has 2 nitrogen and oxygen atoms in total. The highest BCUT2D eigenvalue weighted by atomic mass is 35.5. The van der Waals surface area contributed by atoms with Crippen LogP contribution in [0.1, 0.15) is 41.6 Å². The smallest absolute Gasteiger partial charge is 0.252 e. The molecule has 1 amide bonds. The molecule has 0 saturated heterocycles. The minimum Gasteiger partial charge on any atom is -0.351 e. The average molecular weight is 338 g/mol. The maximum absolute atomic E-state index is 13.1. The fourth-order valence-corrected chi connectivity index (χ4v) is 4.24. The monoisotopic (exact) mass is 337 g/mol. The molecule has 3 rings (SSSR count). The van der Waals surface area contributed by atoms with Gasteiger partial charge in [-0.2, -0.15) is 11.3 Å². The second kappa shape index (κ2) is 6.39. The normalized spacial score (nSPS) is 16.6. The number of hydrogen-bond acceptors (Lipinski definition) is 2. The molecule has 22 heavy (non-hydrogen) atoms. The molecule has 1 saturated carbocycles. The Morgan fingerprint density at radius 2 is 2.09 bits per heavy atom. The Hall–Kier alpha value is -1.39. The summed E-state index contributed by atoms with van der Waals surface area (Å²) in [4.78, 5) is 12.3. The Labute approximate surface area is 138 Å². The van der Waals surface area contributed by atoms with Crippen molar-refractivity contribution < 1.29 is 9.18 Å². The maximum Gasteiger partial charge on any atom is 0.252 e. The Bertz CT molecular complexity index is 665. The topological polar surface area (TPSA) is 29.1 Å². The third-order valence-electron chi connectivity index (χ3n) is 4.46. The third kappa shape index (κ3) is 3.03. The van der Waals surface area contributed by atoms with E-state index in [4.69, 9.17) is 11.6 Å². The molecule has 0 radical (unpaired) electrons. The van der Waals surface area contributed by atoms with Crippen LogP contribution in [0.25, 0.3) is 0 Å². The van der Waals surface area contributed by atoms with Crippen LogP contribution in [0.5, 0.6) is 0 Å². The summed E-state index contributed by atoms with van der Waals surface area (Å²) >= 11 is 7.64. The Morgan fingerprint density at radius 1 is 1.32 bits per heavy atom. The number of benzene rings is 1. The van der Waals surface area contributed by atoms with E-state index in [2.05, 4.69) is 22.1 Å². The van der Waals surface area contributed by atoms with Gasteiger partial charge in [-0.1, -0.05) is 24.4 Å². The molecular weight excluding hydrogens is 321 g/mol. The molecule has 1 aliphatic carbocycles. The van der Waals surface area contributed by atoms with Crippen molar-refractivity contribution in [3.8, 4) is 0 Å². The summed E-state index contributed by atoms with van der Waals surface area (Å²) in [5, 5.41) is 7.38. The number of nitrogens with one attached hydrogen (secondary N) is 1. The molecule has 2 aromatic rings. The lowest BCUT2D eigenvalue weighted by atomic mass is 9.80. The molecular formula is C17H17ClFNOS. The van der Waals surface area contributed by atoms with Crippen molar-refractivity contribution in [1.29, 1.82) is 0 Å². The number of halogens is 2. The van der Waals surface area contributed by atoms with Crippen LogP contribution in [0.4, 0.5) is 4.39 Å². The average Bonchev–Trinajstić information content (AvgIpc) is 3.17. The Morgan fingerprint density at radius 3 is 2.73 bits per heavy atom. The molecule has 0 aliphatic heterocycles. The first-order valence-electron chi connectivity index (χ1n) is 7.37. The molecule has 1 aromatic carbocycles. The fourth-order valence-electron chi connectivity index (χ4n) is 3.20. The lowest BCUT2D eigenvalue weighted by molar-refractivity contribution is 0.0943. The van der Waals surface area contributed by atoms with Crippen LogP contribution in [0, 0.1) is 5.82 Å². The molecule has 116 valence electrons. The van der Waals surface area contributed by atoms with Crippen LogP contribution in [-0.2, 0) is 5.41 Å². The summed E-state index contributed by atoms with van der Waals surface area (Å²) in [5.41, 5.74) is 1.66. The van der Waals surface area contributed by atoms with Crippen LogP contribution >= 0.6 is 22.9 Å². The third-order valence-corrected chi connectivity index (χ3v) is 5.45. The van der Waals surface area contributed by atoms with Crippen molar-refractivity contribution in [2.75, 3.05) is 6.54 Å². The lowest BCUT2D eigenvalue weighted by Gasteiger charge is -2.28. The largest absolute Gasteiger partial charge is 0.351 e. The van der Waals surface area contributed by atoms with Gasteiger partial charge in [0.15, 0.2) is 0 Å². The lowest BCUT2D eigenvalue weighted by Crippen LogP contribution is -2.38. The molecule has 0 unspecified atom stereocenters. The predicted molar refractivity (Wildman–Crippen MR) is 88.2 cm³/mol. The summed E-state index contributed by atoms with van der Waals surface area (Å²) in [6, 6.07) is 6.00. The minimum atomic E-state index is -0.438. The van der Waals surface area contributed by atoms with Crippen molar-refractivity contribution in [2.45, 2.75) is 31.1 Å². The van der Waals surface area contributed by atoms with Gasteiger partial charge in [0.1, 0.15) is 5.82 Å². The van der Waals surface area contributed by atoms with Crippen molar-refractivity contribution in [2.24, 2.45) is 0 Å². The summed E-state index contributed by atoms with van der Waals surface area (Å²) in [7, 11) is 0. The first-order chi connectivity index (χ1) is 10.6. The second-order valence-electron chi connectivity index (χ2n) is 5.81. The number of hydrogen-bond donors (Lipinski definition) is 1. The molecule has 1 aliphatic rings. The summed E-state index contributed by atoms with van der Waals surface area (Å²) in [6.07, 6.45) is 4.54. The van der Waals surface area contributed by atoms with E-state index in [1.54, 1.807) is 11.3 Å². The van der Waals surface area contributed by atoms with Gasteiger partial charge in [0.05, 0.1) is 10.6 Å². The molecule has 1 N–H and O–H groups in total. The quantitative estimate of drug-likeness (QED) is 0.854. The number of carbonyl (C=O) groups excluding carboxylic acids is 1. The van der Waals surface area contributed by atoms with E-state index in [0.29, 0.717) is 12.1 Å². The number of thiophene rings is 1. The first-order valence-corrected chi connectivity index (χ1v) is 8.69. The molecule has 0 spiro atoms. The Balaban J connectivity index is 1.74. The van der Waals surface area contributed by atoms with E-state index in [9.17, 15) is 9.18 Å². The number of rotatable bonds is 4. The zero-order valence-corrected chi connectivity index (χ0v) is 13.6. The van der Waals surface area contributed by atoms with Gasteiger partial charge < -0.3 is 5.32 Å². The van der Waals surface area contributed by atoms with Crippen LogP contribution in [0.2, 0.25) is 5.02 Å². The Kier molecular flexibility index (Phi) is 4.50. The SMILES string of the molecule is O=C(NCC1(c2ccsc2)CCCC1)c1ccc(F)cc1Cl. The highest BCUT2D eigenvalue weighted by molar-refractivity contribution is 7.08. The molecule has 5 heteroatoms. The van der Waals surface area contributed by atoms with Crippen molar-refractivity contribution >= 4 is 28.8 Å². The van der Waals surface area contributed by atoms with Gasteiger partial charge in [-0.05, 0) is 53.4 Å². The molecule has 0 atom stereocenters. The first kappa shape index (κ1) is 15.5. The number of amides is 1. The molecule has 1 fully saturated rings. The van der Waals surface area contributed by atoms with Crippen LogP contribution in [-0.4, -0.2) is 12.5 Å². The highest BCUT2D eigenvalue weighted by Gasteiger charge is 2.36. The van der Waals surface area contributed by atoms with E-state index in [-0.39, 0.29) is 16.3 Å². The number of carbonyl (C=O) groups is 1. The van der Waals surface area contributed by atoms with Gasteiger partial charge in [-0.25, -0.2) is 4.39 Å². The van der Waals surface area contributed by atoms with E-state index in [0.717, 1.165) is 12.8 Å². The van der Waals surface area contributed by atoms with Gasteiger partial charge >= 0.3 is 0 Å². The molecule has 0 bridgehead atoms. The predicted octanol–water partition coefficient (Wildman–Crippen LogP) is 4.78. The van der Waals surface area contributed by atoms with Crippen LogP contribution in [0.15, 0.2) is 35.0 Å². The van der Waals surface area contributed by atoms with E-state index in [1.807, 2.05) is 0 Å². The van der Waals surface area contributed by atoms with Crippen molar-refractivity contribution in [3.05, 3.63) is 57.0 Å². The van der Waals surface area contributed by atoms with Gasteiger partial charge in [-0.3, -0.25) is 4.79 Å². The maximum atomic E-state index is 13.1. The van der Waals surface area contributed by atoms with Crippen molar-refractivity contribution in [3.63, 3.8) is 0 Å². The van der Waals surface area contributed by atoms with E-state index in [1.165, 1.54) is 36.6 Å². The summed E-state index contributed by atoms with van der Waals surface area (Å²) in [6.45, 7) is 0.594. The summed E-state index contributed by atoms with van der Waals surface area (Å²) in [5.74, 6) is -0.682. The van der Waals surface area contributed by atoms with Gasteiger partial charge in [-0.15, -0.1) is 0 Å². The van der Waals surface area contributed by atoms with Crippen LogP contribution in [0.3, 0.4) is 0 Å². The second-order valence-corrected chi connectivity index (χ2v) is 6.99. The van der Waals surface area contributed by atoms with E-state index >= 15 is 0 Å². The van der Waals surface area contributed by atoms with E-state index < -0.39 is 5.82 Å². The zero-order valence-electron chi connectivity index (χ0n) is 12.1. The van der Waals surface area contributed by atoms with Crippen LogP contribution < -0.4 is 5.32 Å². The molecule has 1 aromatic heterocycles. The highest BCUT2D eigenvalue weighted by Crippen LogP contribution is 2.41. The standard InChI is InChI=1S/C17H17ClFNOS/c18-15-9-13(19)3-4-14(15)16(21)20-11-17(6-1-2-7-17)12-5-8-22-10-12/h3-5,8-10H,1-2,6-7,11H2,(H,20,21). The summed E-state index contributed by atoms with van der Waals surface area (Å²) < 4.78 is 13.1. The van der Waals surface area contributed by atoms with Gasteiger partial charge in [0, 0.05) is 12.0 Å². The molecule has 1 heterocycles. The van der Waals surface area contributed by atoms with Gasteiger partial charge in [0.25, 0.3) is 5.91 Å². The van der Waals surface area contributed by atoms with Crippen molar-refractivity contribution in [1.82, 2.24) is 5.32 Å². The minimum absolute atomic E-state index is 0.0299. The van der Waals surface area contributed by atoms with Gasteiger partial charge in [0.2, 0.25) is 0 Å². The fraction of sp³-hybridized carbons (Fsp3) is 0.353.